The van der Waals surface area contributed by atoms with Crippen molar-refractivity contribution in [1.82, 2.24) is 4.98 Å². The molecule has 31 heavy (non-hydrogen) atoms. The van der Waals surface area contributed by atoms with E-state index in [2.05, 4.69) is 10.3 Å². The van der Waals surface area contributed by atoms with Gasteiger partial charge in [0.05, 0.1) is 0 Å². The molecule has 0 saturated heterocycles. The smallest absolute Gasteiger partial charge is 0.414 e. The van der Waals surface area contributed by atoms with Crippen LogP contribution in [-0.2, 0) is 15.9 Å². The lowest BCUT2D eigenvalue weighted by atomic mass is 10.2. The minimum atomic E-state index is -0.626. The van der Waals surface area contributed by atoms with Crippen LogP contribution in [0.1, 0.15) is 47.2 Å². The number of anilines is 3. The highest BCUT2D eigenvalue weighted by Crippen LogP contribution is 2.20. The first kappa shape index (κ1) is 24.0. The number of carbonyl (C=O) groups is 2. The van der Waals surface area contributed by atoms with E-state index in [1.165, 1.54) is 0 Å². The van der Waals surface area contributed by atoms with Crippen LogP contribution in [0.4, 0.5) is 26.8 Å². The lowest BCUT2D eigenvalue weighted by Crippen LogP contribution is -2.38. The molecule has 1 aromatic heterocycles. The van der Waals surface area contributed by atoms with Gasteiger partial charge in [-0.05, 0) is 77.9 Å². The summed E-state index contributed by atoms with van der Waals surface area (Å²) >= 11 is 0. The molecule has 2 rings (SSSR count). The molecule has 1 heterocycles. The lowest BCUT2D eigenvalue weighted by molar-refractivity contribution is 0.0578. The molecule has 8 nitrogen and oxygen atoms in total. The molecule has 0 bridgehead atoms. The normalized spacial score (nSPS) is 11.5. The summed E-state index contributed by atoms with van der Waals surface area (Å²) in [7, 11) is 0. The zero-order valence-corrected chi connectivity index (χ0v) is 19.1. The van der Waals surface area contributed by atoms with E-state index in [0.717, 1.165) is 0 Å². The number of nitrogen functional groups attached to an aromatic ring is 1. The predicted molar refractivity (Wildman–Crippen MR) is 122 cm³/mol. The van der Waals surface area contributed by atoms with Gasteiger partial charge < -0.3 is 15.2 Å². The Balaban J connectivity index is 2.13. The van der Waals surface area contributed by atoms with Gasteiger partial charge in [0.25, 0.3) is 0 Å². The van der Waals surface area contributed by atoms with Crippen LogP contribution in [0.25, 0.3) is 0 Å². The number of nitrogens with zero attached hydrogens (tertiary/aromatic N) is 2. The quantitative estimate of drug-likeness (QED) is 0.649. The molecule has 0 radical (unpaired) electrons. The van der Waals surface area contributed by atoms with Crippen LogP contribution in [0.2, 0.25) is 0 Å². The second-order valence-electron chi connectivity index (χ2n) is 9.11. The summed E-state index contributed by atoms with van der Waals surface area (Å²) < 4.78 is 10.8. The fraction of sp³-hybridized carbons (Fsp3) is 0.435. The molecule has 0 aliphatic carbocycles. The third kappa shape index (κ3) is 8.54. The van der Waals surface area contributed by atoms with E-state index in [0.29, 0.717) is 35.9 Å². The predicted octanol–water partition coefficient (Wildman–Crippen LogP) is 5.00. The molecule has 0 aliphatic rings. The Morgan fingerprint density at radius 3 is 2.16 bits per heavy atom. The van der Waals surface area contributed by atoms with Gasteiger partial charge in [-0.15, -0.1) is 0 Å². The summed E-state index contributed by atoms with van der Waals surface area (Å²) in [6, 6.07) is 12.3. The Morgan fingerprint density at radius 2 is 1.58 bits per heavy atom. The summed E-state index contributed by atoms with van der Waals surface area (Å²) in [5, 5.41) is 2.63. The first-order valence-corrected chi connectivity index (χ1v) is 10.1. The summed E-state index contributed by atoms with van der Waals surface area (Å²) in [5.74, 6) is 0.378. The standard InChI is InChI=1S/C23H32N4O4/c1-22(2,3)30-20(28)26-19-9-7-8-17(25-19)14-15-27(21(29)31-23(4,5)6)18-12-10-16(24)11-13-18/h7-13H,14-15,24H2,1-6H3,(H,25,26,28). The molecule has 0 spiro atoms. The van der Waals surface area contributed by atoms with Gasteiger partial charge in [0.2, 0.25) is 0 Å². The lowest BCUT2D eigenvalue weighted by Gasteiger charge is -2.27. The average Bonchev–Trinajstić information content (AvgIpc) is 2.60. The van der Waals surface area contributed by atoms with Crippen LogP contribution < -0.4 is 16.0 Å². The Hall–Kier alpha value is -3.29. The first-order chi connectivity index (χ1) is 14.3. The number of benzene rings is 1. The number of nitrogens with two attached hydrogens (primary N) is 1. The molecule has 8 heteroatoms. The van der Waals surface area contributed by atoms with Gasteiger partial charge in [-0.3, -0.25) is 10.2 Å². The molecule has 0 atom stereocenters. The number of ether oxygens (including phenoxy) is 2. The third-order valence-electron chi connectivity index (χ3n) is 3.85. The number of pyridine rings is 1. The Kier molecular flexibility index (Phi) is 7.49. The fourth-order valence-electron chi connectivity index (χ4n) is 2.62. The number of rotatable bonds is 5. The van der Waals surface area contributed by atoms with Gasteiger partial charge in [-0.2, -0.15) is 0 Å². The van der Waals surface area contributed by atoms with Crippen LogP contribution in [0, 0.1) is 0 Å². The summed E-state index contributed by atoms with van der Waals surface area (Å²) in [6.07, 6.45) is -0.581. The van der Waals surface area contributed by atoms with E-state index in [-0.39, 0.29) is 0 Å². The zero-order valence-electron chi connectivity index (χ0n) is 19.1. The minimum absolute atomic E-state index is 0.335. The third-order valence-corrected chi connectivity index (χ3v) is 3.85. The minimum Gasteiger partial charge on any atom is -0.444 e. The Morgan fingerprint density at radius 1 is 0.968 bits per heavy atom. The van der Waals surface area contributed by atoms with Crippen molar-refractivity contribution in [2.75, 3.05) is 22.5 Å². The summed E-state index contributed by atoms with van der Waals surface area (Å²) in [4.78, 5) is 30.8. The van der Waals surface area contributed by atoms with E-state index in [9.17, 15) is 9.59 Å². The molecule has 0 unspecified atom stereocenters. The number of aromatic nitrogens is 1. The molecular weight excluding hydrogens is 396 g/mol. The number of hydrogen-bond acceptors (Lipinski definition) is 6. The van der Waals surface area contributed by atoms with Crippen LogP contribution in [0.5, 0.6) is 0 Å². The molecule has 0 fully saturated rings. The van der Waals surface area contributed by atoms with Crippen molar-refractivity contribution >= 4 is 29.4 Å². The number of hydrogen-bond donors (Lipinski definition) is 2. The van der Waals surface area contributed by atoms with E-state index >= 15 is 0 Å². The topological polar surface area (TPSA) is 107 Å². The second kappa shape index (κ2) is 9.68. The van der Waals surface area contributed by atoms with Gasteiger partial charge >= 0.3 is 12.2 Å². The van der Waals surface area contributed by atoms with Crippen molar-refractivity contribution in [3.63, 3.8) is 0 Å². The van der Waals surface area contributed by atoms with Crippen molar-refractivity contribution in [3.8, 4) is 0 Å². The van der Waals surface area contributed by atoms with E-state index in [1.807, 2.05) is 26.8 Å². The summed E-state index contributed by atoms with van der Waals surface area (Å²) in [6.45, 7) is 11.2. The Labute approximate surface area is 183 Å². The molecular formula is C23H32N4O4. The zero-order chi connectivity index (χ0) is 23.2. The summed E-state index contributed by atoms with van der Waals surface area (Å²) in [5.41, 5.74) is 6.53. The van der Waals surface area contributed by atoms with E-state index < -0.39 is 23.4 Å². The van der Waals surface area contributed by atoms with E-state index in [4.69, 9.17) is 15.2 Å². The molecule has 1 aromatic carbocycles. The van der Waals surface area contributed by atoms with Crippen LogP contribution in [-0.4, -0.2) is 34.9 Å². The highest BCUT2D eigenvalue weighted by molar-refractivity contribution is 5.88. The van der Waals surface area contributed by atoms with Crippen molar-refractivity contribution in [2.24, 2.45) is 0 Å². The van der Waals surface area contributed by atoms with Gasteiger partial charge in [-0.25, -0.2) is 14.6 Å². The average molecular weight is 429 g/mol. The van der Waals surface area contributed by atoms with Crippen molar-refractivity contribution in [1.29, 1.82) is 0 Å². The SMILES string of the molecule is CC(C)(C)OC(=O)Nc1cccc(CCN(C(=O)OC(C)(C)C)c2ccc(N)cc2)n1. The maximum atomic E-state index is 12.8. The number of carbonyl (C=O) groups excluding carboxylic acids is 2. The molecule has 168 valence electrons. The fourth-order valence-corrected chi connectivity index (χ4v) is 2.62. The molecule has 2 amide bonds. The monoisotopic (exact) mass is 428 g/mol. The van der Waals surface area contributed by atoms with Gasteiger partial charge in [0.15, 0.2) is 0 Å². The molecule has 3 N–H and O–H groups in total. The first-order valence-electron chi connectivity index (χ1n) is 10.1. The van der Waals surface area contributed by atoms with Crippen molar-refractivity contribution in [3.05, 3.63) is 48.2 Å². The van der Waals surface area contributed by atoms with Gasteiger partial charge in [-0.1, -0.05) is 6.07 Å². The van der Waals surface area contributed by atoms with E-state index in [1.54, 1.807) is 62.1 Å². The Bertz CT molecular complexity index is 899. The second-order valence-corrected chi connectivity index (χ2v) is 9.11. The van der Waals surface area contributed by atoms with Crippen LogP contribution in [0.3, 0.4) is 0 Å². The van der Waals surface area contributed by atoms with Crippen molar-refractivity contribution in [2.45, 2.75) is 59.2 Å². The largest absolute Gasteiger partial charge is 0.444 e. The maximum absolute atomic E-state index is 12.8. The van der Waals surface area contributed by atoms with Gasteiger partial charge in [0, 0.05) is 30.0 Å². The highest BCUT2D eigenvalue weighted by atomic mass is 16.6. The molecule has 0 saturated carbocycles. The number of nitrogens with one attached hydrogen (secondary N) is 1. The molecule has 0 aliphatic heterocycles. The van der Waals surface area contributed by atoms with Crippen LogP contribution in [0.15, 0.2) is 42.5 Å². The highest BCUT2D eigenvalue weighted by Gasteiger charge is 2.23. The maximum Gasteiger partial charge on any atom is 0.414 e. The van der Waals surface area contributed by atoms with Gasteiger partial charge in [0.1, 0.15) is 17.0 Å². The van der Waals surface area contributed by atoms with Crippen LogP contribution >= 0.6 is 0 Å². The van der Waals surface area contributed by atoms with Crippen molar-refractivity contribution < 1.29 is 19.1 Å². The number of amides is 2. The molecule has 2 aromatic rings.